The summed E-state index contributed by atoms with van der Waals surface area (Å²) in [5.74, 6) is 0. The summed E-state index contributed by atoms with van der Waals surface area (Å²) in [5, 5.41) is -0.186. The van der Waals surface area contributed by atoms with E-state index in [0.29, 0.717) is 11.2 Å². The maximum absolute atomic E-state index is 10.9. The Balaban J connectivity index is 2.75. The zero-order valence-corrected chi connectivity index (χ0v) is 7.80. The molecule has 2 rings (SSSR count). The Labute approximate surface area is 78.2 Å². The largest absolute Gasteiger partial charge is 0.343 e. The van der Waals surface area contributed by atoms with Gasteiger partial charge in [0.1, 0.15) is 0 Å². The second-order valence-electron chi connectivity index (χ2n) is 2.36. The summed E-state index contributed by atoms with van der Waals surface area (Å²) in [5.41, 5.74) is 1.01. The molecule has 0 saturated carbocycles. The standard InChI is InChI=1S/C6H4ClN3O2S/c7-13(11,12)5-2-1-4-6(10-5)9-3-8-4/h1-3H,(H,8,9,10). The first-order valence-electron chi connectivity index (χ1n) is 3.32. The fourth-order valence-corrected chi connectivity index (χ4v) is 1.62. The molecule has 0 aromatic carbocycles. The van der Waals surface area contributed by atoms with Crippen LogP contribution in [0.2, 0.25) is 0 Å². The van der Waals surface area contributed by atoms with E-state index in [1.165, 1.54) is 12.4 Å². The molecular formula is C6H4ClN3O2S. The number of hydrogen-bond acceptors (Lipinski definition) is 4. The summed E-state index contributed by atoms with van der Waals surface area (Å²) in [6.45, 7) is 0. The van der Waals surface area contributed by atoms with Crippen LogP contribution in [-0.2, 0) is 9.05 Å². The predicted molar refractivity (Wildman–Crippen MR) is 46.9 cm³/mol. The monoisotopic (exact) mass is 217 g/mol. The molecule has 68 valence electrons. The van der Waals surface area contributed by atoms with Crippen molar-refractivity contribution in [2.24, 2.45) is 0 Å². The number of nitrogens with one attached hydrogen (secondary N) is 1. The summed E-state index contributed by atoms with van der Waals surface area (Å²) in [4.78, 5) is 10.3. The SMILES string of the molecule is O=S(=O)(Cl)c1ccc2[nH]cnc2n1. The zero-order chi connectivity index (χ0) is 9.47. The first kappa shape index (κ1) is 8.46. The molecule has 0 saturated heterocycles. The Hall–Kier alpha value is -1.14. The molecule has 1 N–H and O–H groups in total. The normalized spacial score (nSPS) is 12.1. The van der Waals surface area contributed by atoms with Gasteiger partial charge in [-0.3, -0.25) is 0 Å². The van der Waals surface area contributed by atoms with Gasteiger partial charge in [0, 0.05) is 10.7 Å². The molecule has 2 aromatic rings. The number of hydrogen-bond donors (Lipinski definition) is 1. The second-order valence-corrected chi connectivity index (χ2v) is 4.87. The van der Waals surface area contributed by atoms with Gasteiger partial charge < -0.3 is 4.98 Å². The van der Waals surface area contributed by atoms with E-state index in [2.05, 4.69) is 15.0 Å². The minimum absolute atomic E-state index is 0.186. The summed E-state index contributed by atoms with van der Waals surface area (Å²) in [6.07, 6.45) is 1.43. The summed E-state index contributed by atoms with van der Waals surface area (Å²) < 4.78 is 21.7. The molecule has 5 nitrogen and oxygen atoms in total. The third-order valence-corrected chi connectivity index (χ3v) is 2.71. The Morgan fingerprint density at radius 2 is 2.15 bits per heavy atom. The lowest BCUT2D eigenvalue weighted by molar-refractivity contribution is 0.606. The molecule has 0 amide bonds. The smallest absolute Gasteiger partial charge is 0.278 e. The van der Waals surface area contributed by atoms with E-state index in [4.69, 9.17) is 10.7 Å². The van der Waals surface area contributed by atoms with Crippen molar-refractivity contribution >= 4 is 30.9 Å². The van der Waals surface area contributed by atoms with Crippen LogP contribution in [0.3, 0.4) is 0 Å². The molecule has 0 spiro atoms. The molecule has 0 aliphatic heterocycles. The fourth-order valence-electron chi connectivity index (χ4n) is 0.941. The molecule has 2 aromatic heterocycles. The average Bonchev–Trinajstić information content (AvgIpc) is 2.47. The van der Waals surface area contributed by atoms with Gasteiger partial charge in [-0.15, -0.1) is 0 Å². The number of H-pyrrole nitrogens is 1. The molecule has 0 aliphatic rings. The molecule has 0 radical (unpaired) electrons. The summed E-state index contributed by atoms with van der Waals surface area (Å²) in [6, 6.07) is 2.88. The average molecular weight is 218 g/mol. The maximum Gasteiger partial charge on any atom is 0.278 e. The van der Waals surface area contributed by atoms with Crippen LogP contribution in [0.1, 0.15) is 0 Å². The topological polar surface area (TPSA) is 75.7 Å². The highest BCUT2D eigenvalue weighted by Crippen LogP contribution is 2.14. The van der Waals surface area contributed by atoms with Crippen LogP contribution in [0.4, 0.5) is 0 Å². The molecular weight excluding hydrogens is 214 g/mol. The van der Waals surface area contributed by atoms with Gasteiger partial charge in [0.15, 0.2) is 10.7 Å². The number of fused-ring (bicyclic) bond motifs is 1. The minimum Gasteiger partial charge on any atom is -0.343 e. The van der Waals surface area contributed by atoms with Gasteiger partial charge in [0.05, 0.1) is 11.8 Å². The summed E-state index contributed by atoms with van der Waals surface area (Å²) in [7, 11) is 1.33. The molecule has 0 fully saturated rings. The van der Waals surface area contributed by atoms with Crippen molar-refractivity contribution < 1.29 is 8.42 Å². The second kappa shape index (κ2) is 2.68. The Morgan fingerprint density at radius 3 is 2.85 bits per heavy atom. The van der Waals surface area contributed by atoms with Crippen molar-refractivity contribution in [2.75, 3.05) is 0 Å². The molecule has 0 unspecified atom stereocenters. The van der Waals surface area contributed by atoms with Gasteiger partial charge in [-0.05, 0) is 12.1 Å². The van der Waals surface area contributed by atoms with Crippen LogP contribution in [0.15, 0.2) is 23.5 Å². The molecule has 0 atom stereocenters. The van der Waals surface area contributed by atoms with E-state index in [9.17, 15) is 8.42 Å². The number of pyridine rings is 1. The first-order valence-corrected chi connectivity index (χ1v) is 5.63. The van der Waals surface area contributed by atoms with Crippen molar-refractivity contribution in [2.45, 2.75) is 5.03 Å². The summed E-state index contributed by atoms with van der Waals surface area (Å²) >= 11 is 0. The molecule has 2 heterocycles. The lowest BCUT2D eigenvalue weighted by atomic mass is 10.4. The minimum atomic E-state index is -3.76. The van der Waals surface area contributed by atoms with E-state index >= 15 is 0 Å². The van der Waals surface area contributed by atoms with Crippen molar-refractivity contribution in [3.63, 3.8) is 0 Å². The Morgan fingerprint density at radius 1 is 1.38 bits per heavy atom. The van der Waals surface area contributed by atoms with Gasteiger partial charge in [0.2, 0.25) is 0 Å². The van der Waals surface area contributed by atoms with Gasteiger partial charge in [-0.2, -0.15) is 0 Å². The molecule has 0 aliphatic carbocycles. The lowest BCUT2D eigenvalue weighted by Crippen LogP contribution is -1.94. The molecule has 7 heteroatoms. The highest BCUT2D eigenvalue weighted by atomic mass is 35.7. The fraction of sp³-hybridized carbons (Fsp3) is 0. The highest BCUT2D eigenvalue weighted by molar-refractivity contribution is 8.13. The quantitative estimate of drug-likeness (QED) is 0.720. The lowest BCUT2D eigenvalue weighted by Gasteiger charge is -1.93. The van der Waals surface area contributed by atoms with E-state index < -0.39 is 9.05 Å². The number of nitrogens with zero attached hydrogens (tertiary/aromatic N) is 2. The number of aromatic amines is 1. The van der Waals surface area contributed by atoms with Crippen LogP contribution in [-0.4, -0.2) is 23.4 Å². The zero-order valence-electron chi connectivity index (χ0n) is 6.23. The predicted octanol–water partition coefficient (Wildman–Crippen LogP) is 0.885. The number of aromatic nitrogens is 3. The van der Waals surface area contributed by atoms with E-state index in [0.717, 1.165) is 0 Å². The van der Waals surface area contributed by atoms with Crippen molar-refractivity contribution in [3.8, 4) is 0 Å². The number of imidazole rings is 1. The van der Waals surface area contributed by atoms with E-state index in [1.54, 1.807) is 6.07 Å². The van der Waals surface area contributed by atoms with Gasteiger partial charge in [-0.1, -0.05) is 0 Å². The van der Waals surface area contributed by atoms with E-state index in [1.807, 2.05) is 0 Å². The van der Waals surface area contributed by atoms with Gasteiger partial charge in [0.25, 0.3) is 9.05 Å². The van der Waals surface area contributed by atoms with Crippen molar-refractivity contribution in [1.82, 2.24) is 15.0 Å². The third kappa shape index (κ3) is 1.50. The third-order valence-electron chi connectivity index (χ3n) is 1.51. The molecule has 0 bridgehead atoms. The van der Waals surface area contributed by atoms with Crippen LogP contribution < -0.4 is 0 Å². The van der Waals surface area contributed by atoms with Crippen LogP contribution in [0, 0.1) is 0 Å². The van der Waals surface area contributed by atoms with Crippen molar-refractivity contribution in [1.29, 1.82) is 0 Å². The maximum atomic E-state index is 10.9. The highest BCUT2D eigenvalue weighted by Gasteiger charge is 2.12. The molecule has 13 heavy (non-hydrogen) atoms. The Bertz CT molecular complexity index is 548. The number of rotatable bonds is 1. The van der Waals surface area contributed by atoms with Crippen LogP contribution >= 0.6 is 10.7 Å². The first-order chi connectivity index (χ1) is 6.07. The number of halogens is 1. The van der Waals surface area contributed by atoms with Crippen molar-refractivity contribution in [3.05, 3.63) is 18.5 Å². The van der Waals surface area contributed by atoms with Crippen LogP contribution in [0.5, 0.6) is 0 Å². The van der Waals surface area contributed by atoms with E-state index in [-0.39, 0.29) is 5.03 Å². The van der Waals surface area contributed by atoms with Gasteiger partial charge >= 0.3 is 0 Å². The Kier molecular flexibility index (Phi) is 1.74. The van der Waals surface area contributed by atoms with Crippen LogP contribution in [0.25, 0.3) is 11.2 Å². The van der Waals surface area contributed by atoms with Gasteiger partial charge in [-0.25, -0.2) is 18.4 Å².